The van der Waals surface area contributed by atoms with E-state index in [0.29, 0.717) is 42.9 Å². The molecule has 190 valence electrons. The molecule has 0 bridgehead atoms. The van der Waals surface area contributed by atoms with Gasteiger partial charge in [-0.1, -0.05) is 30.0 Å². The summed E-state index contributed by atoms with van der Waals surface area (Å²) in [7, 11) is 0. The van der Waals surface area contributed by atoms with Gasteiger partial charge in [0.1, 0.15) is 6.04 Å². The van der Waals surface area contributed by atoms with E-state index in [9.17, 15) is 29.6 Å². The lowest BCUT2D eigenvalue weighted by molar-refractivity contribution is -0.387. The first-order chi connectivity index (χ1) is 18.3. The van der Waals surface area contributed by atoms with Gasteiger partial charge in [-0.15, -0.1) is 23.1 Å². The van der Waals surface area contributed by atoms with Gasteiger partial charge in [0.05, 0.1) is 42.2 Å². The van der Waals surface area contributed by atoms with Gasteiger partial charge in [0.15, 0.2) is 4.34 Å². The zero-order valence-corrected chi connectivity index (χ0v) is 21.6. The molecule has 1 saturated heterocycles. The molecule has 4 aromatic rings. The summed E-state index contributed by atoms with van der Waals surface area (Å²) in [4.78, 5) is 54.5. The molecule has 3 aromatic carbocycles. The van der Waals surface area contributed by atoms with Crippen molar-refractivity contribution >= 4 is 74.2 Å². The molecular weight excluding hydrogens is 548 g/mol. The van der Waals surface area contributed by atoms with E-state index in [4.69, 9.17) is 0 Å². The van der Waals surface area contributed by atoms with Crippen LogP contribution in [0.15, 0.2) is 69.9 Å². The Kier molecular flexibility index (Phi) is 6.14. The molecule has 0 spiro atoms. The first-order valence-corrected chi connectivity index (χ1v) is 13.9. The number of nitro groups is 1. The number of thioether (sulfide) groups is 1. The van der Waals surface area contributed by atoms with E-state index < -0.39 is 16.9 Å². The van der Waals surface area contributed by atoms with Crippen LogP contribution < -0.4 is 10.2 Å². The van der Waals surface area contributed by atoms with Crippen molar-refractivity contribution in [2.24, 2.45) is 0 Å². The number of carbonyl (C=O) groups excluding carboxylic acids is 2. The monoisotopic (exact) mass is 564 g/mol. The van der Waals surface area contributed by atoms with Crippen LogP contribution in [0.5, 0.6) is 0 Å². The molecule has 2 amide bonds. The maximum Gasteiger partial charge on any atom is 0.321 e. The van der Waals surface area contributed by atoms with Gasteiger partial charge in [-0.3, -0.25) is 29.8 Å². The molecule has 2 N–H and O–H groups in total. The normalized spacial score (nSPS) is 18.8. The molecular formula is C25H16N4O6S3. The van der Waals surface area contributed by atoms with Crippen molar-refractivity contribution in [1.82, 2.24) is 10.3 Å². The highest BCUT2D eigenvalue weighted by Gasteiger charge is 2.36. The van der Waals surface area contributed by atoms with Crippen LogP contribution in [-0.2, 0) is 4.79 Å². The van der Waals surface area contributed by atoms with Crippen molar-refractivity contribution in [3.05, 3.63) is 87.5 Å². The van der Waals surface area contributed by atoms with Gasteiger partial charge in [-0.25, -0.2) is 9.88 Å². The van der Waals surface area contributed by atoms with Gasteiger partial charge in [0, 0.05) is 11.8 Å². The van der Waals surface area contributed by atoms with Crippen molar-refractivity contribution in [2.75, 3.05) is 10.7 Å². The summed E-state index contributed by atoms with van der Waals surface area (Å²) in [6.07, 6.45) is 0. The van der Waals surface area contributed by atoms with Crippen LogP contribution in [0.25, 0.3) is 10.2 Å². The van der Waals surface area contributed by atoms with Crippen LogP contribution in [0.4, 0.5) is 11.4 Å². The standard InChI is InChI=1S/C25H16N4O6S3/c30-22-14-3-1-2-4-15(14)23(31)28(22)13-6-7-16-20(10-13)38-25(27-16)37-19-8-5-12(9-18(19)29(34)35)21-26-17(11-36-21)24(32)33/h1-10,17,21,26H,11H2,(H,32,33)/t17-,21+/m1/s1. The van der Waals surface area contributed by atoms with Crippen LogP contribution in [0.1, 0.15) is 31.7 Å². The SMILES string of the molecule is O=C(O)[C@H]1CS[C@@H](c2ccc(Sc3nc4ccc(N5C(=O)c6ccccc6C5=O)cc4s3)c([N+](=O)[O-])c2)N1. The number of imide groups is 1. The third-order valence-corrected chi connectivity index (χ3v) is 9.58. The number of aliphatic carboxylic acids is 1. The van der Waals surface area contributed by atoms with E-state index >= 15 is 0 Å². The Morgan fingerprint density at radius 1 is 1.11 bits per heavy atom. The van der Waals surface area contributed by atoms with Crippen molar-refractivity contribution in [3.63, 3.8) is 0 Å². The second-order valence-corrected chi connectivity index (χ2v) is 11.9. The first-order valence-electron chi connectivity index (χ1n) is 11.3. The number of anilines is 1. The zero-order valence-electron chi connectivity index (χ0n) is 19.2. The predicted octanol–water partition coefficient (Wildman–Crippen LogP) is 4.94. The number of thiazole rings is 1. The van der Waals surface area contributed by atoms with E-state index in [2.05, 4.69) is 10.3 Å². The topological polar surface area (TPSA) is 143 Å². The first kappa shape index (κ1) is 24.6. The minimum absolute atomic E-state index is 0.0976. The highest BCUT2D eigenvalue weighted by atomic mass is 32.2. The fourth-order valence-corrected chi connectivity index (χ4v) is 7.69. The molecule has 10 nitrogen and oxygen atoms in total. The maximum atomic E-state index is 12.9. The number of carbonyl (C=O) groups is 3. The molecule has 0 saturated carbocycles. The second kappa shape index (κ2) is 9.51. The molecule has 0 radical (unpaired) electrons. The van der Waals surface area contributed by atoms with Gasteiger partial charge in [0.2, 0.25) is 0 Å². The molecule has 1 fully saturated rings. The molecule has 6 rings (SSSR count). The van der Waals surface area contributed by atoms with Crippen molar-refractivity contribution < 1.29 is 24.4 Å². The highest BCUT2D eigenvalue weighted by Crippen LogP contribution is 2.42. The summed E-state index contributed by atoms with van der Waals surface area (Å²) in [5.41, 5.74) is 2.32. The molecule has 2 atom stereocenters. The summed E-state index contributed by atoms with van der Waals surface area (Å²) in [5.74, 6) is -1.35. The van der Waals surface area contributed by atoms with Gasteiger partial charge in [0.25, 0.3) is 17.5 Å². The lowest BCUT2D eigenvalue weighted by Crippen LogP contribution is -2.33. The number of hydrogen-bond acceptors (Lipinski definition) is 10. The number of carboxylic acid groups (broad SMARTS) is 1. The maximum absolute atomic E-state index is 12.9. The summed E-state index contributed by atoms with van der Waals surface area (Å²) in [6, 6.07) is 15.9. The predicted molar refractivity (Wildman–Crippen MR) is 144 cm³/mol. The Balaban J connectivity index is 1.27. The third-order valence-electron chi connectivity index (χ3n) is 6.16. The molecule has 13 heteroatoms. The van der Waals surface area contributed by atoms with Crippen LogP contribution >= 0.6 is 34.9 Å². The largest absolute Gasteiger partial charge is 0.480 e. The van der Waals surface area contributed by atoms with E-state index in [-0.39, 0.29) is 22.9 Å². The van der Waals surface area contributed by atoms with Gasteiger partial charge in [-0.05, 0) is 42.0 Å². The number of hydrogen-bond donors (Lipinski definition) is 2. The number of amides is 2. The fourth-order valence-electron chi connectivity index (χ4n) is 4.33. The summed E-state index contributed by atoms with van der Waals surface area (Å²) >= 11 is 3.84. The Bertz CT molecular complexity index is 1640. The van der Waals surface area contributed by atoms with Crippen molar-refractivity contribution in [2.45, 2.75) is 20.7 Å². The highest BCUT2D eigenvalue weighted by molar-refractivity contribution is 8.01. The third kappa shape index (κ3) is 4.22. The lowest BCUT2D eigenvalue weighted by Gasteiger charge is -2.13. The van der Waals surface area contributed by atoms with Crippen molar-refractivity contribution in [1.29, 1.82) is 0 Å². The summed E-state index contributed by atoms with van der Waals surface area (Å²) < 4.78 is 1.29. The minimum atomic E-state index is -0.955. The second-order valence-electron chi connectivity index (χ2n) is 8.48. The Labute approximate surface area is 227 Å². The average molecular weight is 565 g/mol. The van der Waals surface area contributed by atoms with Gasteiger partial charge >= 0.3 is 5.97 Å². The lowest BCUT2D eigenvalue weighted by atomic mass is 10.1. The number of aromatic nitrogens is 1. The number of benzene rings is 3. The number of nitro benzene ring substituents is 1. The molecule has 1 aromatic heterocycles. The molecule has 0 aliphatic carbocycles. The van der Waals surface area contributed by atoms with E-state index in [0.717, 1.165) is 21.4 Å². The molecule has 2 aliphatic heterocycles. The number of fused-ring (bicyclic) bond motifs is 2. The van der Waals surface area contributed by atoms with Crippen LogP contribution in [0.2, 0.25) is 0 Å². The van der Waals surface area contributed by atoms with Gasteiger partial charge < -0.3 is 5.11 Å². The van der Waals surface area contributed by atoms with Crippen molar-refractivity contribution in [3.8, 4) is 0 Å². The van der Waals surface area contributed by atoms with Crippen LogP contribution in [-0.4, -0.2) is 44.6 Å². The van der Waals surface area contributed by atoms with E-state index in [1.165, 1.54) is 29.2 Å². The van der Waals surface area contributed by atoms with E-state index in [1.54, 1.807) is 54.6 Å². The quantitative estimate of drug-likeness (QED) is 0.188. The van der Waals surface area contributed by atoms with E-state index in [1.807, 2.05) is 0 Å². The molecule has 38 heavy (non-hydrogen) atoms. The molecule has 0 unspecified atom stereocenters. The zero-order chi connectivity index (χ0) is 26.6. The number of nitrogens with one attached hydrogen (secondary N) is 1. The smallest absolute Gasteiger partial charge is 0.321 e. The molecule has 3 heterocycles. The van der Waals surface area contributed by atoms with Crippen LogP contribution in [0.3, 0.4) is 0 Å². The number of nitrogens with zero attached hydrogens (tertiary/aromatic N) is 3. The summed E-state index contributed by atoms with van der Waals surface area (Å²) in [6.45, 7) is 0. The fraction of sp³-hybridized carbons (Fsp3) is 0.120. The Hall–Kier alpha value is -3.78. The minimum Gasteiger partial charge on any atom is -0.480 e. The van der Waals surface area contributed by atoms with Gasteiger partial charge in [-0.2, -0.15) is 0 Å². The Morgan fingerprint density at radius 3 is 2.50 bits per heavy atom. The average Bonchev–Trinajstić information content (AvgIpc) is 3.61. The summed E-state index contributed by atoms with van der Waals surface area (Å²) in [5, 5.41) is 23.7. The molecule has 2 aliphatic rings. The van der Waals surface area contributed by atoms with Crippen LogP contribution in [0, 0.1) is 10.1 Å². The number of rotatable bonds is 6. The Morgan fingerprint density at radius 2 is 1.84 bits per heavy atom. The number of carboxylic acids is 1.